The molecule has 0 spiro atoms. The molecule has 1 aromatic rings. The van der Waals surface area contributed by atoms with Crippen LogP contribution in [0.5, 0.6) is 0 Å². The second kappa shape index (κ2) is 4.40. The Labute approximate surface area is 89.8 Å². The molecule has 0 saturated carbocycles. The normalized spacial score (nSPS) is 12.3. The van der Waals surface area contributed by atoms with Crippen molar-refractivity contribution in [2.75, 3.05) is 0 Å². The Kier molecular flexibility index (Phi) is 3.42. The lowest BCUT2D eigenvalue weighted by molar-refractivity contribution is -0.134. The Hall–Kier alpha value is -1.42. The number of halogens is 3. The molecular weight excluding hydrogens is 226 g/mol. The zero-order valence-electron chi connectivity index (χ0n) is 7.72. The van der Waals surface area contributed by atoms with Gasteiger partial charge in [-0.1, -0.05) is 17.7 Å². The van der Waals surface area contributed by atoms with Gasteiger partial charge in [-0.05, 0) is 24.6 Å². The predicted molar refractivity (Wildman–Crippen MR) is 52.7 cm³/mol. The van der Waals surface area contributed by atoms with Gasteiger partial charge in [0.2, 0.25) is 5.83 Å². The summed E-state index contributed by atoms with van der Waals surface area (Å²) in [6.45, 7) is 1.27. The molecule has 1 N–H and O–H groups in total. The molecule has 0 aliphatic carbocycles. The molecule has 1 aromatic carbocycles. The molecular formula is C10H7ClF2O2. The van der Waals surface area contributed by atoms with E-state index in [9.17, 15) is 13.6 Å². The van der Waals surface area contributed by atoms with Crippen molar-refractivity contribution in [3.8, 4) is 0 Å². The fraction of sp³-hybridized carbons (Fsp3) is 0.100. The molecule has 1 rings (SSSR count). The summed E-state index contributed by atoms with van der Waals surface area (Å²) in [6.07, 6.45) is 0. The number of rotatable bonds is 2. The molecule has 0 radical (unpaired) electrons. The molecule has 0 aromatic heterocycles. The van der Waals surface area contributed by atoms with Gasteiger partial charge >= 0.3 is 5.97 Å². The van der Waals surface area contributed by atoms with Gasteiger partial charge in [-0.3, -0.25) is 0 Å². The van der Waals surface area contributed by atoms with Crippen molar-refractivity contribution >= 4 is 23.1 Å². The largest absolute Gasteiger partial charge is 0.476 e. The minimum absolute atomic E-state index is 0.0242. The lowest BCUT2D eigenvalue weighted by atomic mass is 10.1. The molecule has 0 amide bonds. The van der Waals surface area contributed by atoms with E-state index in [1.165, 1.54) is 13.0 Å². The van der Waals surface area contributed by atoms with Gasteiger partial charge in [0.05, 0.1) is 5.02 Å². The van der Waals surface area contributed by atoms with Crippen molar-refractivity contribution in [3.63, 3.8) is 0 Å². The summed E-state index contributed by atoms with van der Waals surface area (Å²) in [6, 6.07) is 3.31. The van der Waals surface area contributed by atoms with Crippen LogP contribution in [-0.2, 0) is 4.79 Å². The average Bonchev–Trinajstić information content (AvgIpc) is 2.15. The smallest absolute Gasteiger partial charge is 0.365 e. The van der Waals surface area contributed by atoms with E-state index in [1.54, 1.807) is 0 Å². The van der Waals surface area contributed by atoms with E-state index in [0.717, 1.165) is 12.1 Å². The van der Waals surface area contributed by atoms with Gasteiger partial charge in [-0.15, -0.1) is 0 Å². The van der Waals surface area contributed by atoms with Gasteiger partial charge in [0.15, 0.2) is 0 Å². The van der Waals surface area contributed by atoms with Crippen LogP contribution >= 0.6 is 11.6 Å². The van der Waals surface area contributed by atoms with Crippen LogP contribution in [-0.4, -0.2) is 11.1 Å². The number of carboxylic acids is 1. The van der Waals surface area contributed by atoms with Crippen LogP contribution in [0.1, 0.15) is 12.5 Å². The molecule has 2 nitrogen and oxygen atoms in total. The van der Waals surface area contributed by atoms with Crippen LogP contribution in [0.15, 0.2) is 24.0 Å². The topological polar surface area (TPSA) is 37.3 Å². The number of hydrogen-bond donors (Lipinski definition) is 1. The van der Waals surface area contributed by atoms with E-state index in [4.69, 9.17) is 16.7 Å². The third-order valence-electron chi connectivity index (χ3n) is 1.85. The van der Waals surface area contributed by atoms with Gasteiger partial charge in [0.1, 0.15) is 5.82 Å². The van der Waals surface area contributed by atoms with Crippen molar-refractivity contribution < 1.29 is 18.7 Å². The zero-order chi connectivity index (χ0) is 11.6. The van der Waals surface area contributed by atoms with Crippen LogP contribution in [0, 0.1) is 5.82 Å². The molecule has 15 heavy (non-hydrogen) atoms. The molecule has 0 heterocycles. The van der Waals surface area contributed by atoms with Crippen LogP contribution < -0.4 is 0 Å². The first-order chi connectivity index (χ1) is 6.93. The average molecular weight is 233 g/mol. The third-order valence-corrected chi connectivity index (χ3v) is 2.16. The van der Waals surface area contributed by atoms with Crippen LogP contribution in [0.2, 0.25) is 5.02 Å². The maximum atomic E-state index is 13.0. The highest BCUT2D eigenvalue weighted by atomic mass is 35.5. The first-order valence-electron chi connectivity index (χ1n) is 3.98. The number of allylic oxidation sites excluding steroid dienone is 1. The van der Waals surface area contributed by atoms with Crippen LogP contribution in [0.4, 0.5) is 8.78 Å². The lowest BCUT2D eigenvalue weighted by Gasteiger charge is -2.04. The summed E-state index contributed by atoms with van der Waals surface area (Å²) in [7, 11) is 0. The fourth-order valence-corrected chi connectivity index (χ4v) is 1.38. The Morgan fingerprint density at radius 1 is 1.47 bits per heavy atom. The molecule has 0 fully saturated rings. The molecule has 0 atom stereocenters. The van der Waals surface area contributed by atoms with Crippen LogP contribution in [0.3, 0.4) is 0 Å². The predicted octanol–water partition coefficient (Wildman–Crippen LogP) is 3.26. The van der Waals surface area contributed by atoms with Crippen molar-refractivity contribution in [1.29, 1.82) is 0 Å². The Balaban J connectivity index is 3.29. The van der Waals surface area contributed by atoms with E-state index in [2.05, 4.69) is 0 Å². The Morgan fingerprint density at radius 3 is 2.53 bits per heavy atom. The first-order valence-corrected chi connectivity index (χ1v) is 4.36. The SMILES string of the molecule is CC(=C(F)C(=O)O)c1ccc(F)cc1Cl. The van der Waals surface area contributed by atoms with E-state index in [1.807, 2.05) is 0 Å². The maximum Gasteiger partial charge on any atom is 0.365 e. The summed E-state index contributed by atoms with van der Waals surface area (Å²) in [5.74, 6) is -3.54. The second-order valence-electron chi connectivity index (χ2n) is 2.87. The second-order valence-corrected chi connectivity index (χ2v) is 3.28. The Bertz CT molecular complexity index is 441. The number of carbonyl (C=O) groups is 1. The quantitative estimate of drug-likeness (QED) is 0.795. The summed E-state index contributed by atoms with van der Waals surface area (Å²) in [4.78, 5) is 10.3. The van der Waals surface area contributed by atoms with Crippen molar-refractivity contribution in [2.24, 2.45) is 0 Å². The maximum absolute atomic E-state index is 13.0. The van der Waals surface area contributed by atoms with E-state index >= 15 is 0 Å². The minimum Gasteiger partial charge on any atom is -0.476 e. The molecule has 0 saturated heterocycles. The highest BCUT2D eigenvalue weighted by Gasteiger charge is 2.14. The molecule has 5 heteroatoms. The number of aliphatic carboxylic acids is 1. The molecule has 0 aliphatic heterocycles. The molecule has 0 unspecified atom stereocenters. The van der Waals surface area contributed by atoms with Crippen molar-refractivity contribution in [2.45, 2.75) is 6.92 Å². The molecule has 80 valence electrons. The highest BCUT2D eigenvalue weighted by Crippen LogP contribution is 2.27. The van der Waals surface area contributed by atoms with Crippen molar-refractivity contribution in [1.82, 2.24) is 0 Å². The van der Waals surface area contributed by atoms with E-state index in [0.29, 0.717) is 0 Å². The van der Waals surface area contributed by atoms with Gasteiger partial charge in [0, 0.05) is 5.57 Å². The lowest BCUT2D eigenvalue weighted by Crippen LogP contribution is -1.98. The van der Waals surface area contributed by atoms with Gasteiger partial charge in [0.25, 0.3) is 0 Å². The number of carboxylic acid groups (broad SMARTS) is 1. The summed E-state index contributed by atoms with van der Waals surface area (Å²) >= 11 is 5.64. The summed E-state index contributed by atoms with van der Waals surface area (Å²) < 4.78 is 25.7. The van der Waals surface area contributed by atoms with Gasteiger partial charge in [-0.2, -0.15) is 4.39 Å². The Morgan fingerprint density at radius 2 is 2.07 bits per heavy atom. The van der Waals surface area contributed by atoms with E-state index < -0.39 is 17.6 Å². The van der Waals surface area contributed by atoms with Crippen LogP contribution in [0.25, 0.3) is 5.57 Å². The minimum atomic E-state index is -1.67. The zero-order valence-corrected chi connectivity index (χ0v) is 8.48. The highest BCUT2D eigenvalue weighted by molar-refractivity contribution is 6.32. The standard InChI is InChI=1S/C10H7ClF2O2/c1-5(9(13)10(14)15)7-3-2-6(12)4-8(7)11/h2-4H,1H3,(H,14,15). The molecule has 0 aliphatic rings. The van der Waals surface area contributed by atoms with Gasteiger partial charge < -0.3 is 5.11 Å². The van der Waals surface area contributed by atoms with Gasteiger partial charge in [-0.25, -0.2) is 9.18 Å². The van der Waals surface area contributed by atoms with E-state index in [-0.39, 0.29) is 16.2 Å². The number of hydrogen-bond acceptors (Lipinski definition) is 1. The summed E-state index contributed by atoms with van der Waals surface area (Å²) in [5.41, 5.74) is 0.0328. The molecule has 0 bridgehead atoms. The third kappa shape index (κ3) is 2.53. The fourth-order valence-electron chi connectivity index (χ4n) is 1.07. The number of benzene rings is 1. The summed E-state index contributed by atoms with van der Waals surface area (Å²) in [5, 5.41) is 8.39. The van der Waals surface area contributed by atoms with Crippen molar-refractivity contribution in [3.05, 3.63) is 40.4 Å². The monoisotopic (exact) mass is 232 g/mol. The first kappa shape index (κ1) is 11.7.